The maximum atomic E-state index is 12.4. The number of anilines is 1. The summed E-state index contributed by atoms with van der Waals surface area (Å²) in [7, 11) is 3.94. The zero-order valence-electron chi connectivity index (χ0n) is 14.1. The minimum absolute atomic E-state index is 0.0115. The van der Waals surface area contributed by atoms with Gasteiger partial charge in [0, 0.05) is 45.2 Å². The Morgan fingerprint density at radius 1 is 1.00 bits per heavy atom. The Kier molecular flexibility index (Phi) is 7.60. The van der Waals surface area contributed by atoms with Crippen LogP contribution in [0.4, 0.5) is 5.69 Å². The minimum Gasteiger partial charge on any atom is -0.341 e. The van der Waals surface area contributed by atoms with Crippen LogP contribution in [0.1, 0.15) is 20.3 Å². The lowest BCUT2D eigenvalue weighted by molar-refractivity contribution is -0.129. The molecule has 0 spiro atoms. The van der Waals surface area contributed by atoms with Crippen LogP contribution >= 0.6 is 0 Å². The molecule has 0 aromatic heterocycles. The highest BCUT2D eigenvalue weighted by atomic mass is 16.2. The van der Waals surface area contributed by atoms with E-state index in [9.17, 15) is 9.59 Å². The number of rotatable bonds is 8. The summed E-state index contributed by atoms with van der Waals surface area (Å²) in [4.78, 5) is 29.6. The molecule has 22 heavy (non-hydrogen) atoms. The Bertz CT molecular complexity index is 474. The second-order valence-electron chi connectivity index (χ2n) is 5.53. The van der Waals surface area contributed by atoms with Gasteiger partial charge in [-0.2, -0.15) is 0 Å². The number of hydrogen-bond acceptors (Lipinski definition) is 3. The Balaban J connectivity index is 2.60. The average Bonchev–Trinajstić information content (AvgIpc) is 2.48. The van der Waals surface area contributed by atoms with E-state index in [0.29, 0.717) is 26.1 Å². The Labute approximate surface area is 133 Å². The van der Waals surface area contributed by atoms with E-state index in [1.54, 1.807) is 16.7 Å². The van der Waals surface area contributed by atoms with Gasteiger partial charge in [0.25, 0.3) is 0 Å². The fourth-order valence-electron chi connectivity index (χ4n) is 2.22. The Hall–Kier alpha value is -1.88. The van der Waals surface area contributed by atoms with Gasteiger partial charge >= 0.3 is 0 Å². The molecule has 5 heteroatoms. The third kappa shape index (κ3) is 5.85. The van der Waals surface area contributed by atoms with Crippen LogP contribution in [-0.2, 0) is 9.59 Å². The highest BCUT2D eigenvalue weighted by Gasteiger charge is 2.16. The lowest BCUT2D eigenvalue weighted by Crippen LogP contribution is -2.39. The van der Waals surface area contributed by atoms with Gasteiger partial charge in [-0.25, -0.2) is 0 Å². The zero-order valence-corrected chi connectivity index (χ0v) is 14.1. The van der Waals surface area contributed by atoms with Crippen molar-refractivity contribution in [2.24, 2.45) is 0 Å². The van der Waals surface area contributed by atoms with Crippen molar-refractivity contribution in [3.63, 3.8) is 0 Å². The molecule has 0 heterocycles. The Morgan fingerprint density at radius 3 is 2.14 bits per heavy atom. The normalized spacial score (nSPS) is 10.6. The summed E-state index contributed by atoms with van der Waals surface area (Å²) >= 11 is 0. The van der Waals surface area contributed by atoms with Crippen LogP contribution in [0.2, 0.25) is 0 Å². The number of likely N-dealkylation sites (N-methyl/N-ethyl adjacent to an activating group) is 1. The van der Waals surface area contributed by atoms with Gasteiger partial charge < -0.3 is 14.7 Å². The van der Waals surface area contributed by atoms with Crippen molar-refractivity contribution < 1.29 is 9.59 Å². The third-order valence-electron chi connectivity index (χ3n) is 3.54. The summed E-state index contributed by atoms with van der Waals surface area (Å²) in [5, 5.41) is 0. The molecule has 122 valence electrons. The van der Waals surface area contributed by atoms with Gasteiger partial charge in [-0.15, -0.1) is 0 Å². The van der Waals surface area contributed by atoms with E-state index in [2.05, 4.69) is 0 Å². The number of carbonyl (C=O) groups excluding carboxylic acids is 2. The molecule has 0 fully saturated rings. The average molecular weight is 305 g/mol. The zero-order chi connectivity index (χ0) is 16.5. The van der Waals surface area contributed by atoms with E-state index in [0.717, 1.165) is 12.2 Å². The summed E-state index contributed by atoms with van der Waals surface area (Å²) in [6.07, 6.45) is 0.343. The fourth-order valence-corrected chi connectivity index (χ4v) is 2.22. The largest absolute Gasteiger partial charge is 0.341 e. The van der Waals surface area contributed by atoms with E-state index in [1.807, 2.05) is 56.3 Å². The molecule has 1 aromatic carbocycles. The predicted molar refractivity (Wildman–Crippen MR) is 89.9 cm³/mol. The molecule has 1 aromatic rings. The second-order valence-corrected chi connectivity index (χ2v) is 5.53. The van der Waals surface area contributed by atoms with Crippen molar-refractivity contribution in [1.29, 1.82) is 0 Å². The Morgan fingerprint density at radius 2 is 1.64 bits per heavy atom. The number of hydrogen-bond donors (Lipinski definition) is 0. The smallest absolute Gasteiger partial charge is 0.228 e. The molecule has 0 N–H and O–H groups in total. The topological polar surface area (TPSA) is 43.9 Å². The number of amides is 2. The fraction of sp³-hybridized carbons (Fsp3) is 0.529. The molecule has 0 saturated heterocycles. The molecule has 5 nitrogen and oxygen atoms in total. The molecule has 2 amide bonds. The summed E-state index contributed by atoms with van der Waals surface area (Å²) in [5.41, 5.74) is 0.901. The van der Waals surface area contributed by atoms with Crippen molar-refractivity contribution in [3.8, 4) is 0 Å². The quantitative estimate of drug-likeness (QED) is 0.736. The van der Waals surface area contributed by atoms with Crippen molar-refractivity contribution in [1.82, 2.24) is 9.80 Å². The molecular weight excluding hydrogens is 278 g/mol. The predicted octanol–water partition coefficient (Wildman–Crippen LogP) is 1.84. The molecule has 0 aliphatic heterocycles. The van der Waals surface area contributed by atoms with Crippen molar-refractivity contribution >= 4 is 17.5 Å². The molecule has 0 aliphatic rings. The van der Waals surface area contributed by atoms with Gasteiger partial charge in [-0.3, -0.25) is 9.59 Å². The molecule has 1 rings (SSSR count). The van der Waals surface area contributed by atoms with Crippen LogP contribution in [0.15, 0.2) is 30.3 Å². The van der Waals surface area contributed by atoms with Crippen LogP contribution in [0.3, 0.4) is 0 Å². The lowest BCUT2D eigenvalue weighted by atomic mass is 10.2. The van der Waals surface area contributed by atoms with Crippen LogP contribution in [0, 0.1) is 0 Å². The highest BCUT2D eigenvalue weighted by molar-refractivity contribution is 5.93. The first-order valence-electron chi connectivity index (χ1n) is 7.71. The van der Waals surface area contributed by atoms with Gasteiger partial charge in [0.15, 0.2) is 0 Å². The molecule has 0 saturated carbocycles. The van der Waals surface area contributed by atoms with Gasteiger partial charge in [-0.05, 0) is 33.2 Å². The second kappa shape index (κ2) is 9.20. The molecule has 0 unspecified atom stereocenters. The van der Waals surface area contributed by atoms with E-state index in [1.165, 1.54) is 0 Å². The monoisotopic (exact) mass is 305 g/mol. The number of para-hydroxylation sites is 1. The summed E-state index contributed by atoms with van der Waals surface area (Å²) in [5.74, 6) is 0.0576. The summed E-state index contributed by atoms with van der Waals surface area (Å²) < 4.78 is 0. The van der Waals surface area contributed by atoms with Crippen molar-refractivity contribution in [2.45, 2.75) is 20.3 Å². The molecular formula is C17H27N3O2. The first kappa shape index (κ1) is 18.2. The van der Waals surface area contributed by atoms with E-state index in [-0.39, 0.29) is 11.8 Å². The van der Waals surface area contributed by atoms with Crippen LogP contribution < -0.4 is 4.90 Å². The van der Waals surface area contributed by atoms with Crippen molar-refractivity contribution in [3.05, 3.63) is 30.3 Å². The molecule has 0 aliphatic carbocycles. The van der Waals surface area contributed by atoms with Crippen LogP contribution in [-0.4, -0.2) is 61.9 Å². The molecule has 0 bridgehead atoms. The maximum absolute atomic E-state index is 12.4. The number of nitrogens with zero attached hydrogens (tertiary/aromatic N) is 3. The van der Waals surface area contributed by atoms with Crippen molar-refractivity contribution in [2.75, 3.05) is 45.2 Å². The van der Waals surface area contributed by atoms with Crippen LogP contribution in [0.25, 0.3) is 0 Å². The maximum Gasteiger partial charge on any atom is 0.228 e. The number of benzene rings is 1. The van der Waals surface area contributed by atoms with E-state index >= 15 is 0 Å². The van der Waals surface area contributed by atoms with Crippen LogP contribution in [0.5, 0.6) is 0 Å². The van der Waals surface area contributed by atoms with Gasteiger partial charge in [0.2, 0.25) is 11.8 Å². The standard InChI is InChI=1S/C17H27N3O2/c1-5-20(16-9-7-6-8-10-16)17(22)11-12-19(15(2)21)14-13-18(3)4/h6-10H,5,11-14H2,1-4H3. The molecule has 0 radical (unpaired) electrons. The number of carbonyl (C=O) groups is 2. The first-order chi connectivity index (χ1) is 10.5. The summed E-state index contributed by atoms with van der Waals surface area (Å²) in [6, 6.07) is 9.63. The van der Waals surface area contributed by atoms with Gasteiger partial charge in [0.05, 0.1) is 0 Å². The molecule has 0 atom stereocenters. The van der Waals surface area contributed by atoms with E-state index < -0.39 is 0 Å². The summed E-state index contributed by atoms with van der Waals surface area (Å²) in [6.45, 7) is 6.04. The van der Waals surface area contributed by atoms with Gasteiger partial charge in [0.1, 0.15) is 0 Å². The SMILES string of the molecule is CCN(C(=O)CCN(CCN(C)C)C(C)=O)c1ccccc1. The third-order valence-corrected chi connectivity index (χ3v) is 3.54. The first-order valence-corrected chi connectivity index (χ1v) is 7.71. The lowest BCUT2D eigenvalue weighted by Gasteiger charge is -2.25. The van der Waals surface area contributed by atoms with Gasteiger partial charge in [-0.1, -0.05) is 18.2 Å². The van der Waals surface area contributed by atoms with E-state index in [4.69, 9.17) is 0 Å². The minimum atomic E-state index is 0.0115. The highest BCUT2D eigenvalue weighted by Crippen LogP contribution is 2.14.